The van der Waals surface area contributed by atoms with E-state index in [0.29, 0.717) is 30.1 Å². The monoisotopic (exact) mass is 434 g/mol. The van der Waals surface area contributed by atoms with E-state index in [4.69, 9.17) is 4.74 Å². The standard InChI is InChI=1S/C22H30N2O5S/c1-6-17(4)24(22(25)26)19-9-7-18(8-10-19)23(15-16(2)3)30(27,28)21-13-11-20(29-5)12-14-21/h7-14,16-17H,6,15H2,1-5H3,(H,25,26). The number of amides is 1. The number of carbonyl (C=O) groups is 1. The molecule has 0 aromatic heterocycles. The predicted octanol–water partition coefficient (Wildman–Crippen LogP) is 4.83. The van der Waals surface area contributed by atoms with Gasteiger partial charge in [0.25, 0.3) is 10.0 Å². The first-order valence-electron chi connectivity index (χ1n) is 9.90. The van der Waals surface area contributed by atoms with Gasteiger partial charge in [0.2, 0.25) is 0 Å². The third kappa shape index (κ3) is 5.24. The smallest absolute Gasteiger partial charge is 0.412 e. The lowest BCUT2D eigenvalue weighted by Gasteiger charge is -2.28. The number of methoxy groups -OCH3 is 1. The second-order valence-electron chi connectivity index (χ2n) is 7.53. The fourth-order valence-electron chi connectivity index (χ4n) is 3.06. The van der Waals surface area contributed by atoms with Crippen molar-refractivity contribution in [3.63, 3.8) is 0 Å². The Balaban J connectivity index is 2.44. The van der Waals surface area contributed by atoms with Crippen molar-refractivity contribution >= 4 is 27.5 Å². The number of sulfonamides is 1. The fourth-order valence-corrected chi connectivity index (χ4v) is 4.69. The number of benzene rings is 2. The summed E-state index contributed by atoms with van der Waals surface area (Å²) in [6.45, 7) is 7.93. The molecular formula is C22H30N2O5S. The van der Waals surface area contributed by atoms with Crippen molar-refractivity contribution < 1.29 is 23.1 Å². The molecule has 0 saturated heterocycles. The van der Waals surface area contributed by atoms with Crippen LogP contribution in [0.15, 0.2) is 53.4 Å². The van der Waals surface area contributed by atoms with Crippen LogP contribution in [0, 0.1) is 5.92 Å². The molecule has 0 aliphatic heterocycles. The molecule has 7 nitrogen and oxygen atoms in total. The molecule has 0 heterocycles. The first-order chi connectivity index (χ1) is 14.1. The number of hydrogen-bond donors (Lipinski definition) is 1. The maximum Gasteiger partial charge on any atom is 0.412 e. The third-order valence-electron chi connectivity index (χ3n) is 4.83. The first kappa shape index (κ1) is 23.5. The molecule has 164 valence electrons. The van der Waals surface area contributed by atoms with E-state index in [9.17, 15) is 18.3 Å². The average Bonchev–Trinajstić information content (AvgIpc) is 2.72. The summed E-state index contributed by atoms with van der Waals surface area (Å²) in [5, 5.41) is 9.56. The molecule has 30 heavy (non-hydrogen) atoms. The predicted molar refractivity (Wildman–Crippen MR) is 119 cm³/mol. The molecule has 2 aromatic carbocycles. The van der Waals surface area contributed by atoms with Gasteiger partial charge in [-0.05, 0) is 67.8 Å². The Morgan fingerprint density at radius 1 is 1.00 bits per heavy atom. The molecule has 0 fully saturated rings. The van der Waals surface area contributed by atoms with Gasteiger partial charge in [-0.2, -0.15) is 0 Å². The van der Waals surface area contributed by atoms with E-state index in [1.807, 2.05) is 27.7 Å². The normalized spacial score (nSPS) is 12.5. The average molecular weight is 435 g/mol. The molecule has 8 heteroatoms. The molecule has 1 amide bonds. The van der Waals surface area contributed by atoms with Crippen molar-refractivity contribution in [3.8, 4) is 5.75 Å². The molecule has 0 aliphatic carbocycles. The van der Waals surface area contributed by atoms with E-state index in [2.05, 4.69) is 0 Å². The Morgan fingerprint density at radius 3 is 1.97 bits per heavy atom. The van der Waals surface area contributed by atoms with Crippen molar-refractivity contribution in [2.45, 2.75) is 45.1 Å². The SMILES string of the molecule is CCC(C)N(C(=O)O)c1ccc(N(CC(C)C)S(=O)(=O)c2ccc(OC)cc2)cc1. The highest BCUT2D eigenvalue weighted by molar-refractivity contribution is 7.92. The summed E-state index contributed by atoms with van der Waals surface area (Å²) >= 11 is 0. The molecule has 2 aromatic rings. The molecule has 1 unspecified atom stereocenters. The van der Waals surface area contributed by atoms with Crippen LogP contribution in [-0.4, -0.2) is 39.3 Å². The van der Waals surface area contributed by atoms with Crippen LogP contribution in [0.3, 0.4) is 0 Å². The minimum absolute atomic E-state index is 0.0910. The van der Waals surface area contributed by atoms with E-state index < -0.39 is 16.1 Å². The molecule has 1 N–H and O–H groups in total. The summed E-state index contributed by atoms with van der Waals surface area (Å²) in [6, 6.07) is 12.7. The summed E-state index contributed by atoms with van der Waals surface area (Å²) in [5.41, 5.74) is 0.990. The van der Waals surface area contributed by atoms with Gasteiger partial charge in [0, 0.05) is 18.3 Å². The van der Waals surface area contributed by atoms with Crippen LogP contribution in [-0.2, 0) is 10.0 Å². The summed E-state index contributed by atoms with van der Waals surface area (Å²) in [7, 11) is -2.27. The second kappa shape index (κ2) is 9.84. The van der Waals surface area contributed by atoms with E-state index in [1.165, 1.54) is 28.4 Å². The minimum Gasteiger partial charge on any atom is -0.497 e. The zero-order chi connectivity index (χ0) is 22.5. The molecule has 0 radical (unpaired) electrons. The van der Waals surface area contributed by atoms with Crippen LogP contribution in [0.2, 0.25) is 0 Å². The largest absolute Gasteiger partial charge is 0.497 e. The molecule has 0 aliphatic rings. The van der Waals surface area contributed by atoms with Crippen LogP contribution in [0.1, 0.15) is 34.1 Å². The molecule has 0 bridgehead atoms. The van der Waals surface area contributed by atoms with Crippen molar-refractivity contribution in [1.82, 2.24) is 0 Å². The van der Waals surface area contributed by atoms with E-state index in [1.54, 1.807) is 36.4 Å². The van der Waals surface area contributed by atoms with Crippen LogP contribution in [0.25, 0.3) is 0 Å². The Bertz CT molecular complexity index is 940. The lowest BCUT2D eigenvalue weighted by molar-refractivity contribution is 0.199. The van der Waals surface area contributed by atoms with Crippen molar-refractivity contribution in [2.75, 3.05) is 22.9 Å². The molecule has 0 saturated carbocycles. The van der Waals surface area contributed by atoms with Gasteiger partial charge >= 0.3 is 6.09 Å². The zero-order valence-corrected chi connectivity index (χ0v) is 18.9. The van der Waals surface area contributed by atoms with Crippen molar-refractivity contribution in [3.05, 3.63) is 48.5 Å². The van der Waals surface area contributed by atoms with Crippen LogP contribution < -0.4 is 13.9 Å². The van der Waals surface area contributed by atoms with Gasteiger partial charge in [0.1, 0.15) is 5.75 Å². The number of carboxylic acid groups (broad SMARTS) is 1. The summed E-state index contributed by atoms with van der Waals surface area (Å²) in [5.74, 6) is 0.667. The number of hydrogen-bond acceptors (Lipinski definition) is 4. The van der Waals surface area contributed by atoms with Crippen molar-refractivity contribution in [2.24, 2.45) is 5.92 Å². The number of rotatable bonds is 9. The highest BCUT2D eigenvalue weighted by Crippen LogP contribution is 2.29. The van der Waals surface area contributed by atoms with E-state index in [-0.39, 0.29) is 16.9 Å². The van der Waals surface area contributed by atoms with Crippen LogP contribution in [0.5, 0.6) is 5.75 Å². The highest BCUT2D eigenvalue weighted by atomic mass is 32.2. The van der Waals surface area contributed by atoms with E-state index >= 15 is 0 Å². The lowest BCUT2D eigenvalue weighted by atomic mass is 10.2. The first-order valence-corrected chi connectivity index (χ1v) is 11.3. The van der Waals surface area contributed by atoms with Gasteiger partial charge in [-0.1, -0.05) is 20.8 Å². The summed E-state index contributed by atoms with van der Waals surface area (Å²) < 4.78 is 33.1. The van der Waals surface area contributed by atoms with Gasteiger partial charge in [0.15, 0.2) is 0 Å². The second-order valence-corrected chi connectivity index (χ2v) is 9.39. The highest BCUT2D eigenvalue weighted by Gasteiger charge is 2.27. The third-order valence-corrected chi connectivity index (χ3v) is 6.64. The van der Waals surface area contributed by atoms with Gasteiger partial charge in [-0.3, -0.25) is 9.21 Å². The van der Waals surface area contributed by atoms with Crippen LogP contribution >= 0.6 is 0 Å². The quantitative estimate of drug-likeness (QED) is 0.611. The maximum absolute atomic E-state index is 13.3. The maximum atomic E-state index is 13.3. The topological polar surface area (TPSA) is 87.2 Å². The summed E-state index contributed by atoms with van der Waals surface area (Å²) in [4.78, 5) is 13.1. The molecule has 2 rings (SSSR count). The van der Waals surface area contributed by atoms with Gasteiger partial charge in [-0.15, -0.1) is 0 Å². The Morgan fingerprint density at radius 2 is 1.53 bits per heavy atom. The Hall–Kier alpha value is -2.74. The molecule has 1 atom stereocenters. The minimum atomic E-state index is -3.80. The van der Waals surface area contributed by atoms with Crippen molar-refractivity contribution in [1.29, 1.82) is 0 Å². The lowest BCUT2D eigenvalue weighted by Crippen LogP contribution is -2.37. The number of nitrogens with zero attached hydrogens (tertiary/aromatic N) is 2. The summed E-state index contributed by atoms with van der Waals surface area (Å²) in [6.07, 6.45) is -0.374. The van der Waals surface area contributed by atoms with E-state index in [0.717, 1.165) is 0 Å². The molecular weight excluding hydrogens is 404 g/mol. The van der Waals surface area contributed by atoms with Gasteiger partial charge in [-0.25, -0.2) is 13.2 Å². The number of ether oxygens (including phenoxy) is 1. The van der Waals surface area contributed by atoms with Gasteiger partial charge < -0.3 is 9.84 Å². The number of anilines is 2. The Labute approximate surface area is 178 Å². The molecule has 0 spiro atoms. The Kier molecular flexibility index (Phi) is 7.72. The van der Waals surface area contributed by atoms with Crippen LogP contribution in [0.4, 0.5) is 16.2 Å². The fraction of sp³-hybridized carbons (Fsp3) is 0.409. The van der Waals surface area contributed by atoms with Gasteiger partial charge in [0.05, 0.1) is 17.7 Å². The zero-order valence-electron chi connectivity index (χ0n) is 18.1.